The van der Waals surface area contributed by atoms with Gasteiger partial charge in [-0.15, -0.1) is 0 Å². The molecule has 0 unspecified atom stereocenters. The molecule has 1 aliphatic rings. The summed E-state index contributed by atoms with van der Waals surface area (Å²) in [6, 6.07) is 14.1. The lowest BCUT2D eigenvalue weighted by Gasteiger charge is -2.16. The number of ether oxygens (including phenoxy) is 1. The topological polar surface area (TPSA) is 79.9 Å². The Morgan fingerprint density at radius 2 is 2.17 bits per heavy atom. The molecule has 1 aromatic carbocycles. The van der Waals surface area contributed by atoms with Crippen LogP contribution in [-0.2, 0) is 16.1 Å². The van der Waals surface area contributed by atoms with E-state index in [9.17, 15) is 10.1 Å². The Balaban J connectivity index is 1.48. The van der Waals surface area contributed by atoms with E-state index in [0.717, 1.165) is 46.6 Å². The molecule has 7 heteroatoms. The number of rotatable bonds is 6. The van der Waals surface area contributed by atoms with Crippen LogP contribution in [0.3, 0.4) is 0 Å². The van der Waals surface area contributed by atoms with Crippen molar-refractivity contribution in [2.45, 2.75) is 44.4 Å². The summed E-state index contributed by atoms with van der Waals surface area (Å²) < 4.78 is 7.78. The van der Waals surface area contributed by atoms with Crippen molar-refractivity contribution >= 4 is 34.4 Å². The first-order valence-corrected chi connectivity index (χ1v) is 11.0. The van der Waals surface area contributed by atoms with Crippen LogP contribution in [-0.4, -0.2) is 33.9 Å². The molecule has 3 heterocycles. The highest BCUT2D eigenvalue weighted by molar-refractivity contribution is 7.99. The monoisotopic (exact) mass is 420 g/mol. The molecule has 0 saturated carbocycles. The van der Waals surface area contributed by atoms with Crippen molar-refractivity contribution in [2.24, 2.45) is 0 Å². The summed E-state index contributed by atoms with van der Waals surface area (Å²) in [5, 5.41) is 14.5. The van der Waals surface area contributed by atoms with Gasteiger partial charge in [-0.2, -0.15) is 5.26 Å². The summed E-state index contributed by atoms with van der Waals surface area (Å²) in [5.41, 5.74) is 3.31. The molecule has 1 N–H and O–H groups in total. The zero-order valence-electron chi connectivity index (χ0n) is 17.1. The molecule has 0 bridgehead atoms. The van der Waals surface area contributed by atoms with Crippen molar-refractivity contribution in [3.63, 3.8) is 0 Å². The number of carbonyl (C=O) groups excluding carboxylic acids is 1. The summed E-state index contributed by atoms with van der Waals surface area (Å²) >= 11 is 1.39. The zero-order chi connectivity index (χ0) is 21.1. The molecule has 154 valence electrons. The number of hydrogen-bond acceptors (Lipinski definition) is 5. The number of nitriles is 1. The van der Waals surface area contributed by atoms with Gasteiger partial charge in [0.25, 0.3) is 0 Å². The number of anilines is 1. The average molecular weight is 421 g/mol. The van der Waals surface area contributed by atoms with Crippen LogP contribution in [0.25, 0.3) is 10.9 Å². The zero-order valence-corrected chi connectivity index (χ0v) is 18.0. The molecule has 0 aliphatic carbocycles. The lowest BCUT2D eigenvalue weighted by molar-refractivity contribution is -0.113. The fraction of sp³-hybridized carbons (Fsp3) is 0.348. The van der Waals surface area contributed by atoms with Crippen LogP contribution >= 0.6 is 11.8 Å². The number of amides is 1. The molecule has 1 aliphatic heterocycles. The second kappa shape index (κ2) is 8.90. The van der Waals surface area contributed by atoms with Crippen molar-refractivity contribution in [1.29, 1.82) is 5.26 Å². The average Bonchev–Trinajstić information content (AvgIpc) is 3.35. The quantitative estimate of drug-likeness (QED) is 0.597. The molecule has 4 rings (SSSR count). The minimum Gasteiger partial charge on any atom is -0.376 e. The third-order valence-electron chi connectivity index (χ3n) is 5.53. The van der Waals surface area contributed by atoms with Crippen LogP contribution < -0.4 is 5.32 Å². The van der Waals surface area contributed by atoms with Crippen molar-refractivity contribution in [3.8, 4) is 6.07 Å². The molecule has 1 fully saturated rings. The van der Waals surface area contributed by atoms with Gasteiger partial charge in [0.05, 0.1) is 34.5 Å². The normalized spacial score (nSPS) is 16.0. The van der Waals surface area contributed by atoms with Gasteiger partial charge in [-0.25, -0.2) is 4.98 Å². The summed E-state index contributed by atoms with van der Waals surface area (Å²) in [4.78, 5) is 17.3. The lowest BCUT2D eigenvalue weighted by atomic mass is 10.2. The molecule has 1 saturated heterocycles. The van der Waals surface area contributed by atoms with E-state index < -0.39 is 0 Å². The molecule has 30 heavy (non-hydrogen) atoms. The van der Waals surface area contributed by atoms with E-state index in [1.54, 1.807) is 0 Å². The molecular weight excluding hydrogens is 396 g/mol. The van der Waals surface area contributed by atoms with Crippen molar-refractivity contribution in [1.82, 2.24) is 9.55 Å². The van der Waals surface area contributed by atoms with Gasteiger partial charge in [-0.3, -0.25) is 4.79 Å². The van der Waals surface area contributed by atoms with E-state index in [-0.39, 0.29) is 17.8 Å². The van der Waals surface area contributed by atoms with Crippen LogP contribution in [0.15, 0.2) is 41.4 Å². The number of nitrogens with one attached hydrogen (secondary N) is 1. The highest BCUT2D eigenvalue weighted by Crippen LogP contribution is 2.29. The van der Waals surface area contributed by atoms with Gasteiger partial charge in [0.2, 0.25) is 5.91 Å². The Kier molecular flexibility index (Phi) is 6.07. The van der Waals surface area contributed by atoms with Gasteiger partial charge < -0.3 is 14.6 Å². The summed E-state index contributed by atoms with van der Waals surface area (Å²) in [7, 11) is 0. The summed E-state index contributed by atoms with van der Waals surface area (Å²) in [6.07, 6.45) is 2.16. The van der Waals surface area contributed by atoms with E-state index >= 15 is 0 Å². The minimum atomic E-state index is -0.155. The van der Waals surface area contributed by atoms with Gasteiger partial charge in [0, 0.05) is 17.7 Å². The molecular formula is C23H24N4O2S. The molecule has 3 aromatic rings. The smallest absolute Gasteiger partial charge is 0.235 e. The fourth-order valence-corrected chi connectivity index (χ4v) is 4.46. The molecule has 6 nitrogen and oxygen atoms in total. The fourth-order valence-electron chi connectivity index (χ4n) is 3.79. The Morgan fingerprint density at radius 3 is 2.93 bits per heavy atom. The maximum Gasteiger partial charge on any atom is 0.235 e. The van der Waals surface area contributed by atoms with Crippen molar-refractivity contribution in [3.05, 3.63) is 53.2 Å². The molecule has 0 radical (unpaired) electrons. The van der Waals surface area contributed by atoms with Crippen LogP contribution in [0.1, 0.15) is 29.7 Å². The minimum absolute atomic E-state index is 0.119. The van der Waals surface area contributed by atoms with E-state index in [4.69, 9.17) is 4.74 Å². The van der Waals surface area contributed by atoms with Gasteiger partial charge in [-0.1, -0.05) is 36.0 Å². The standard InChI is InChI=1S/C23H24N4O2S/c1-15-16(2)27(13-18-7-5-11-29-18)23(19(15)12-24)26-21(28)14-30-22-10-9-17-6-3-4-8-20(17)25-22/h3-4,6,8-10,18H,5,7,11,13-14H2,1-2H3,(H,26,28)/t18-/m0/s1. The van der Waals surface area contributed by atoms with Gasteiger partial charge in [0.15, 0.2) is 0 Å². The first-order valence-electron chi connectivity index (χ1n) is 10.1. The summed E-state index contributed by atoms with van der Waals surface area (Å²) in [5.74, 6) is 0.636. The van der Waals surface area contributed by atoms with Crippen LogP contribution in [0.2, 0.25) is 0 Å². The SMILES string of the molecule is Cc1c(C#N)c(NC(=O)CSc2ccc3ccccc3n2)n(C[C@@H]2CCCO2)c1C. The van der Waals surface area contributed by atoms with Gasteiger partial charge in [-0.05, 0) is 44.4 Å². The predicted molar refractivity (Wildman–Crippen MR) is 119 cm³/mol. The van der Waals surface area contributed by atoms with E-state index in [1.165, 1.54) is 11.8 Å². The molecule has 1 atom stereocenters. The Labute approximate surface area is 180 Å². The highest BCUT2D eigenvalue weighted by Gasteiger charge is 2.24. The van der Waals surface area contributed by atoms with E-state index in [2.05, 4.69) is 16.4 Å². The van der Waals surface area contributed by atoms with E-state index in [0.29, 0.717) is 17.9 Å². The summed E-state index contributed by atoms with van der Waals surface area (Å²) in [6.45, 7) is 5.31. The highest BCUT2D eigenvalue weighted by atomic mass is 32.2. The number of benzene rings is 1. The third-order valence-corrected chi connectivity index (χ3v) is 6.46. The Bertz CT molecular complexity index is 1130. The number of pyridine rings is 1. The molecule has 1 amide bonds. The number of aromatic nitrogens is 2. The predicted octanol–water partition coefficient (Wildman–Crippen LogP) is 4.43. The van der Waals surface area contributed by atoms with Crippen LogP contribution in [0, 0.1) is 25.2 Å². The molecule has 2 aromatic heterocycles. The molecule has 0 spiro atoms. The second-order valence-electron chi connectivity index (χ2n) is 7.47. The Hall–Kier alpha value is -2.82. The second-order valence-corrected chi connectivity index (χ2v) is 8.47. The first kappa shape index (κ1) is 20.5. The Morgan fingerprint density at radius 1 is 1.33 bits per heavy atom. The number of carbonyl (C=O) groups is 1. The van der Waals surface area contributed by atoms with Crippen molar-refractivity contribution < 1.29 is 9.53 Å². The van der Waals surface area contributed by atoms with Crippen LogP contribution in [0.4, 0.5) is 5.82 Å². The lowest BCUT2D eigenvalue weighted by Crippen LogP contribution is -2.22. The van der Waals surface area contributed by atoms with Gasteiger partial charge >= 0.3 is 0 Å². The van der Waals surface area contributed by atoms with E-state index in [1.807, 2.05) is 54.8 Å². The van der Waals surface area contributed by atoms with Gasteiger partial charge in [0.1, 0.15) is 11.9 Å². The maximum atomic E-state index is 12.7. The van der Waals surface area contributed by atoms with Crippen LogP contribution in [0.5, 0.6) is 0 Å². The number of fused-ring (bicyclic) bond motifs is 1. The number of hydrogen-bond donors (Lipinski definition) is 1. The number of thioether (sulfide) groups is 1. The first-order chi connectivity index (χ1) is 14.6. The van der Waals surface area contributed by atoms with Crippen molar-refractivity contribution in [2.75, 3.05) is 17.7 Å². The maximum absolute atomic E-state index is 12.7. The number of para-hydroxylation sites is 1. The largest absolute Gasteiger partial charge is 0.376 e. The third kappa shape index (κ3) is 4.20. The number of nitrogens with zero attached hydrogens (tertiary/aromatic N) is 3.